The SMILES string of the molecule is CCC(C(=O)O)N(C)Cc1csc(Br)c1. The van der Waals surface area contributed by atoms with Crippen molar-refractivity contribution in [3.8, 4) is 0 Å². The van der Waals surface area contributed by atoms with Gasteiger partial charge in [0.2, 0.25) is 0 Å². The number of carboxylic acid groups (broad SMARTS) is 1. The van der Waals surface area contributed by atoms with Crippen LogP contribution in [0.3, 0.4) is 0 Å². The van der Waals surface area contributed by atoms with Crippen LogP contribution in [0.15, 0.2) is 15.2 Å². The average molecular weight is 292 g/mol. The standard InChI is InChI=1S/C10H14BrNO2S/c1-3-8(10(13)14)12(2)5-7-4-9(11)15-6-7/h4,6,8H,3,5H2,1-2H3,(H,13,14). The Kier molecular flexibility index (Phi) is 4.76. The number of hydrogen-bond donors (Lipinski definition) is 1. The zero-order chi connectivity index (χ0) is 11.4. The number of halogens is 1. The highest BCUT2D eigenvalue weighted by Crippen LogP contribution is 2.22. The fourth-order valence-corrected chi connectivity index (χ4v) is 2.70. The molecule has 0 aliphatic rings. The Hall–Kier alpha value is -0.390. The van der Waals surface area contributed by atoms with E-state index >= 15 is 0 Å². The van der Waals surface area contributed by atoms with E-state index in [2.05, 4.69) is 15.9 Å². The highest BCUT2D eigenvalue weighted by molar-refractivity contribution is 9.11. The first-order valence-corrected chi connectivity index (χ1v) is 6.37. The smallest absolute Gasteiger partial charge is 0.320 e. The van der Waals surface area contributed by atoms with E-state index in [4.69, 9.17) is 5.11 Å². The van der Waals surface area contributed by atoms with Crippen LogP contribution in [0, 0.1) is 0 Å². The predicted molar refractivity (Wildman–Crippen MR) is 65.2 cm³/mol. The summed E-state index contributed by atoms with van der Waals surface area (Å²) in [6.45, 7) is 2.56. The Bertz CT molecular complexity index is 340. The summed E-state index contributed by atoms with van der Waals surface area (Å²) < 4.78 is 1.08. The first-order chi connectivity index (χ1) is 7.04. The van der Waals surface area contributed by atoms with Gasteiger partial charge < -0.3 is 5.11 Å². The van der Waals surface area contributed by atoms with Crippen molar-refractivity contribution in [1.29, 1.82) is 0 Å². The molecule has 0 aliphatic carbocycles. The van der Waals surface area contributed by atoms with Crippen molar-refractivity contribution >= 4 is 33.2 Å². The van der Waals surface area contributed by atoms with Gasteiger partial charge in [-0.15, -0.1) is 11.3 Å². The molecule has 1 atom stereocenters. The predicted octanol–water partition coefficient (Wildman–Crippen LogP) is 2.81. The van der Waals surface area contributed by atoms with Crippen LogP contribution in [0.1, 0.15) is 18.9 Å². The maximum absolute atomic E-state index is 10.9. The monoisotopic (exact) mass is 291 g/mol. The molecule has 0 aromatic carbocycles. The zero-order valence-electron chi connectivity index (χ0n) is 8.74. The molecule has 1 N–H and O–H groups in total. The molecule has 15 heavy (non-hydrogen) atoms. The summed E-state index contributed by atoms with van der Waals surface area (Å²) in [5.74, 6) is -0.755. The van der Waals surface area contributed by atoms with Gasteiger partial charge >= 0.3 is 5.97 Å². The van der Waals surface area contributed by atoms with Gasteiger partial charge in [0.25, 0.3) is 0 Å². The Morgan fingerprint density at radius 1 is 1.73 bits per heavy atom. The molecule has 1 unspecified atom stereocenters. The van der Waals surface area contributed by atoms with E-state index in [1.807, 2.05) is 30.3 Å². The van der Waals surface area contributed by atoms with Crippen molar-refractivity contribution in [2.24, 2.45) is 0 Å². The minimum Gasteiger partial charge on any atom is -0.480 e. The fraction of sp³-hybridized carbons (Fsp3) is 0.500. The van der Waals surface area contributed by atoms with Crippen molar-refractivity contribution in [3.63, 3.8) is 0 Å². The number of likely N-dealkylation sites (N-methyl/N-ethyl adjacent to an activating group) is 1. The molecule has 0 bridgehead atoms. The lowest BCUT2D eigenvalue weighted by Crippen LogP contribution is -2.37. The second-order valence-electron chi connectivity index (χ2n) is 3.44. The van der Waals surface area contributed by atoms with E-state index in [1.165, 1.54) is 0 Å². The lowest BCUT2D eigenvalue weighted by Gasteiger charge is -2.22. The number of rotatable bonds is 5. The molecule has 1 aromatic heterocycles. The Labute approximate surface area is 102 Å². The van der Waals surface area contributed by atoms with Crippen molar-refractivity contribution in [3.05, 3.63) is 20.8 Å². The molecule has 1 aromatic rings. The average Bonchev–Trinajstić information content (AvgIpc) is 2.51. The van der Waals surface area contributed by atoms with Gasteiger partial charge in [-0.05, 0) is 46.4 Å². The first-order valence-electron chi connectivity index (χ1n) is 4.70. The Balaban J connectivity index is 2.61. The third-order valence-electron chi connectivity index (χ3n) is 2.26. The van der Waals surface area contributed by atoms with Crippen LogP contribution in [-0.2, 0) is 11.3 Å². The molecule has 0 radical (unpaired) electrons. The molecule has 0 saturated carbocycles. The number of hydrogen-bond acceptors (Lipinski definition) is 3. The van der Waals surface area contributed by atoms with Crippen LogP contribution < -0.4 is 0 Å². The number of thiophene rings is 1. The number of aliphatic carboxylic acids is 1. The molecule has 3 nitrogen and oxygen atoms in total. The lowest BCUT2D eigenvalue weighted by molar-refractivity contribution is -0.143. The minimum absolute atomic E-state index is 0.399. The van der Waals surface area contributed by atoms with Crippen LogP contribution in [-0.4, -0.2) is 29.1 Å². The second-order valence-corrected chi connectivity index (χ2v) is 5.73. The summed E-state index contributed by atoms with van der Waals surface area (Å²) in [6.07, 6.45) is 0.622. The van der Waals surface area contributed by atoms with Crippen LogP contribution in [0.4, 0.5) is 0 Å². The normalized spacial score (nSPS) is 13.1. The first kappa shape index (κ1) is 12.7. The maximum Gasteiger partial charge on any atom is 0.320 e. The molecular weight excluding hydrogens is 278 g/mol. The third kappa shape index (κ3) is 3.59. The fourth-order valence-electron chi connectivity index (χ4n) is 1.50. The highest BCUT2D eigenvalue weighted by Gasteiger charge is 2.20. The summed E-state index contributed by atoms with van der Waals surface area (Å²) in [5.41, 5.74) is 1.15. The molecule has 1 heterocycles. The molecule has 0 amide bonds. The van der Waals surface area contributed by atoms with Crippen molar-refractivity contribution in [2.75, 3.05) is 7.05 Å². The Morgan fingerprint density at radius 3 is 2.80 bits per heavy atom. The lowest BCUT2D eigenvalue weighted by atomic mass is 10.2. The van der Waals surface area contributed by atoms with E-state index in [0.29, 0.717) is 13.0 Å². The van der Waals surface area contributed by atoms with Gasteiger partial charge in [-0.2, -0.15) is 0 Å². The number of carbonyl (C=O) groups is 1. The van der Waals surface area contributed by atoms with Crippen molar-refractivity contribution in [2.45, 2.75) is 25.9 Å². The molecule has 0 fully saturated rings. The molecular formula is C10H14BrNO2S. The quantitative estimate of drug-likeness (QED) is 0.907. The topological polar surface area (TPSA) is 40.5 Å². The third-order valence-corrected chi connectivity index (χ3v) is 3.81. The van der Waals surface area contributed by atoms with Gasteiger partial charge in [0.15, 0.2) is 0 Å². The Morgan fingerprint density at radius 2 is 2.40 bits per heavy atom. The van der Waals surface area contributed by atoms with Gasteiger partial charge in [-0.25, -0.2) is 0 Å². The summed E-state index contributed by atoms with van der Waals surface area (Å²) in [4.78, 5) is 12.8. The summed E-state index contributed by atoms with van der Waals surface area (Å²) in [6, 6.07) is 1.62. The minimum atomic E-state index is -0.755. The van der Waals surface area contributed by atoms with Gasteiger partial charge in [-0.1, -0.05) is 6.92 Å². The largest absolute Gasteiger partial charge is 0.480 e. The van der Waals surface area contributed by atoms with E-state index in [-0.39, 0.29) is 0 Å². The van der Waals surface area contributed by atoms with Gasteiger partial charge in [-0.3, -0.25) is 9.69 Å². The summed E-state index contributed by atoms with van der Waals surface area (Å²) >= 11 is 5.01. The van der Waals surface area contributed by atoms with E-state index < -0.39 is 12.0 Å². The van der Waals surface area contributed by atoms with Crippen molar-refractivity contribution < 1.29 is 9.90 Å². The van der Waals surface area contributed by atoms with Crippen LogP contribution >= 0.6 is 27.3 Å². The highest BCUT2D eigenvalue weighted by atomic mass is 79.9. The van der Waals surface area contributed by atoms with E-state index in [9.17, 15) is 4.79 Å². The van der Waals surface area contributed by atoms with Gasteiger partial charge in [0, 0.05) is 6.54 Å². The van der Waals surface area contributed by atoms with Crippen LogP contribution in [0.5, 0.6) is 0 Å². The van der Waals surface area contributed by atoms with Gasteiger partial charge in [0.05, 0.1) is 3.79 Å². The maximum atomic E-state index is 10.9. The zero-order valence-corrected chi connectivity index (χ0v) is 11.1. The van der Waals surface area contributed by atoms with E-state index in [1.54, 1.807) is 11.3 Å². The molecule has 84 valence electrons. The molecule has 1 rings (SSSR count). The number of carboxylic acids is 1. The molecule has 0 aliphatic heterocycles. The second kappa shape index (κ2) is 5.63. The van der Waals surface area contributed by atoms with Crippen molar-refractivity contribution in [1.82, 2.24) is 4.90 Å². The van der Waals surface area contributed by atoms with E-state index in [0.717, 1.165) is 9.35 Å². The molecule has 0 spiro atoms. The van der Waals surface area contributed by atoms with Gasteiger partial charge in [0.1, 0.15) is 6.04 Å². The van der Waals surface area contributed by atoms with Crippen LogP contribution in [0.2, 0.25) is 0 Å². The molecule has 5 heteroatoms. The summed E-state index contributed by atoms with van der Waals surface area (Å²) in [5, 5.41) is 11.0. The summed E-state index contributed by atoms with van der Waals surface area (Å²) in [7, 11) is 1.84. The molecule has 0 saturated heterocycles. The number of nitrogens with zero attached hydrogens (tertiary/aromatic N) is 1. The van der Waals surface area contributed by atoms with Crippen LogP contribution in [0.25, 0.3) is 0 Å².